The van der Waals surface area contributed by atoms with E-state index in [2.05, 4.69) is 0 Å². The Balaban J connectivity index is 1.89. The Morgan fingerprint density at radius 3 is 2.28 bits per heavy atom. The summed E-state index contributed by atoms with van der Waals surface area (Å²) in [7, 11) is -2.09. The van der Waals surface area contributed by atoms with Crippen LogP contribution in [-0.4, -0.2) is 44.3 Å². The van der Waals surface area contributed by atoms with Gasteiger partial charge in [-0.2, -0.15) is 4.31 Å². The van der Waals surface area contributed by atoms with Crippen molar-refractivity contribution in [3.8, 4) is 0 Å². The van der Waals surface area contributed by atoms with Crippen LogP contribution in [-0.2, 0) is 10.0 Å². The lowest BCUT2D eigenvalue weighted by Crippen LogP contribution is -2.48. The van der Waals surface area contributed by atoms with E-state index in [0.29, 0.717) is 12.6 Å². The minimum absolute atomic E-state index is 0.142. The third-order valence-corrected chi connectivity index (χ3v) is 6.26. The summed E-state index contributed by atoms with van der Waals surface area (Å²) < 4.78 is 66.4. The second kappa shape index (κ2) is 6.78. The van der Waals surface area contributed by atoms with Crippen molar-refractivity contribution in [1.29, 1.82) is 0 Å². The average Bonchev–Trinajstić information content (AvgIpc) is 2.58. The molecule has 0 bridgehead atoms. The van der Waals surface area contributed by atoms with Gasteiger partial charge in [0.1, 0.15) is 5.82 Å². The highest BCUT2D eigenvalue weighted by atomic mass is 32.2. The van der Waals surface area contributed by atoms with Gasteiger partial charge in [-0.25, -0.2) is 21.6 Å². The van der Waals surface area contributed by atoms with Crippen LogP contribution >= 0.6 is 0 Å². The predicted molar refractivity (Wildman–Crippen MR) is 86.9 cm³/mol. The predicted octanol–water partition coefficient (Wildman–Crippen LogP) is 2.78. The molecule has 0 radical (unpaired) electrons. The second-order valence-electron chi connectivity index (χ2n) is 5.99. The molecule has 2 aromatic rings. The summed E-state index contributed by atoms with van der Waals surface area (Å²) >= 11 is 0. The van der Waals surface area contributed by atoms with Gasteiger partial charge in [-0.05, 0) is 42.9 Å². The van der Waals surface area contributed by atoms with Gasteiger partial charge in [-0.1, -0.05) is 12.1 Å². The molecule has 1 fully saturated rings. The van der Waals surface area contributed by atoms with E-state index in [4.69, 9.17) is 0 Å². The van der Waals surface area contributed by atoms with E-state index in [1.807, 2.05) is 11.9 Å². The fourth-order valence-corrected chi connectivity index (χ4v) is 4.35. The standard InChI is InChI=1S/C17H17F3N2O2S/c1-21-8-9-22(11-17(21)12-2-4-13(18)5-3-12)25(23,24)14-6-7-15(19)16(20)10-14/h2-7,10,17H,8-9,11H2,1H3. The number of sulfonamides is 1. The van der Waals surface area contributed by atoms with Gasteiger partial charge in [-0.15, -0.1) is 0 Å². The van der Waals surface area contributed by atoms with Crippen molar-refractivity contribution >= 4 is 10.0 Å². The number of hydrogen-bond donors (Lipinski definition) is 0. The molecule has 1 aliphatic rings. The SMILES string of the molecule is CN1CCN(S(=O)(=O)c2ccc(F)c(F)c2)CC1c1ccc(F)cc1. The molecule has 1 atom stereocenters. The zero-order chi connectivity index (χ0) is 18.2. The number of rotatable bonds is 3. The minimum Gasteiger partial charge on any atom is -0.297 e. The molecule has 134 valence electrons. The molecule has 4 nitrogen and oxygen atoms in total. The van der Waals surface area contributed by atoms with E-state index in [1.165, 1.54) is 16.4 Å². The van der Waals surface area contributed by atoms with Crippen LogP contribution in [0, 0.1) is 17.5 Å². The van der Waals surface area contributed by atoms with E-state index in [0.717, 1.165) is 17.7 Å². The number of nitrogens with zero attached hydrogens (tertiary/aromatic N) is 2. The van der Waals surface area contributed by atoms with Crippen LogP contribution in [0.3, 0.4) is 0 Å². The summed E-state index contributed by atoms with van der Waals surface area (Å²) in [5, 5.41) is 0. The lowest BCUT2D eigenvalue weighted by atomic mass is 10.0. The van der Waals surface area contributed by atoms with Crippen LogP contribution in [0.1, 0.15) is 11.6 Å². The topological polar surface area (TPSA) is 40.6 Å². The van der Waals surface area contributed by atoms with E-state index in [1.54, 1.807) is 12.1 Å². The molecule has 0 N–H and O–H groups in total. The zero-order valence-corrected chi connectivity index (χ0v) is 14.3. The van der Waals surface area contributed by atoms with Gasteiger partial charge >= 0.3 is 0 Å². The molecule has 1 aliphatic heterocycles. The first-order valence-electron chi connectivity index (χ1n) is 7.70. The van der Waals surface area contributed by atoms with E-state index in [9.17, 15) is 21.6 Å². The van der Waals surface area contributed by atoms with Crippen molar-refractivity contribution in [3.05, 3.63) is 65.5 Å². The van der Waals surface area contributed by atoms with Crippen LogP contribution in [0.15, 0.2) is 47.4 Å². The number of halogens is 3. The van der Waals surface area contributed by atoms with Crippen molar-refractivity contribution < 1.29 is 21.6 Å². The Morgan fingerprint density at radius 2 is 1.64 bits per heavy atom. The summed E-state index contributed by atoms with van der Waals surface area (Å²) in [6.45, 7) is 0.837. The lowest BCUT2D eigenvalue weighted by molar-refractivity contribution is 0.148. The first-order chi connectivity index (χ1) is 11.8. The van der Waals surface area contributed by atoms with E-state index < -0.39 is 21.7 Å². The molecule has 1 unspecified atom stereocenters. The third kappa shape index (κ3) is 3.56. The third-order valence-electron chi connectivity index (χ3n) is 4.39. The summed E-state index contributed by atoms with van der Waals surface area (Å²) in [6, 6.07) is 8.17. The van der Waals surface area contributed by atoms with Crippen LogP contribution in [0.2, 0.25) is 0 Å². The molecule has 0 spiro atoms. The molecular weight excluding hydrogens is 353 g/mol. The highest BCUT2D eigenvalue weighted by molar-refractivity contribution is 7.89. The van der Waals surface area contributed by atoms with Crippen LogP contribution < -0.4 is 0 Å². The highest BCUT2D eigenvalue weighted by Crippen LogP contribution is 2.28. The largest absolute Gasteiger partial charge is 0.297 e. The molecule has 0 aliphatic carbocycles. The van der Waals surface area contributed by atoms with Crippen molar-refractivity contribution in [3.63, 3.8) is 0 Å². The Labute approximate surface area is 144 Å². The Hall–Kier alpha value is -1.90. The van der Waals surface area contributed by atoms with Gasteiger partial charge in [0.2, 0.25) is 10.0 Å². The van der Waals surface area contributed by atoms with Gasteiger partial charge in [-0.3, -0.25) is 4.90 Å². The molecule has 0 amide bonds. The van der Waals surface area contributed by atoms with Crippen molar-refractivity contribution in [2.75, 3.05) is 26.7 Å². The molecule has 1 saturated heterocycles. The smallest absolute Gasteiger partial charge is 0.243 e. The van der Waals surface area contributed by atoms with Gasteiger partial charge < -0.3 is 0 Å². The first kappa shape index (κ1) is 17.9. The summed E-state index contributed by atoms with van der Waals surface area (Å²) in [5.41, 5.74) is 0.786. The highest BCUT2D eigenvalue weighted by Gasteiger charge is 2.33. The molecular formula is C17H17F3N2O2S. The lowest BCUT2D eigenvalue weighted by Gasteiger charge is -2.39. The van der Waals surface area contributed by atoms with Gasteiger partial charge in [0.05, 0.1) is 4.90 Å². The number of likely N-dealkylation sites (N-methyl/N-ethyl adjacent to an activating group) is 1. The van der Waals surface area contributed by atoms with Gasteiger partial charge in [0, 0.05) is 25.7 Å². The molecule has 0 aromatic heterocycles. The van der Waals surface area contributed by atoms with E-state index >= 15 is 0 Å². The normalized spacial score (nSPS) is 19.9. The maximum absolute atomic E-state index is 13.4. The van der Waals surface area contributed by atoms with Crippen molar-refractivity contribution in [2.24, 2.45) is 0 Å². The fourth-order valence-electron chi connectivity index (χ4n) is 2.90. The van der Waals surface area contributed by atoms with Crippen molar-refractivity contribution in [2.45, 2.75) is 10.9 Å². The maximum atomic E-state index is 13.4. The van der Waals surface area contributed by atoms with Gasteiger partial charge in [0.25, 0.3) is 0 Å². The fraction of sp³-hybridized carbons (Fsp3) is 0.294. The molecule has 0 saturated carbocycles. The number of piperazine rings is 1. The molecule has 25 heavy (non-hydrogen) atoms. The Bertz CT molecular complexity index is 872. The van der Waals surface area contributed by atoms with Crippen LogP contribution in [0.4, 0.5) is 13.2 Å². The molecule has 3 rings (SSSR count). The van der Waals surface area contributed by atoms with Crippen molar-refractivity contribution in [1.82, 2.24) is 9.21 Å². The molecule has 2 aromatic carbocycles. The summed E-state index contributed by atoms with van der Waals surface area (Å²) in [5.74, 6) is -2.67. The quantitative estimate of drug-likeness (QED) is 0.834. The summed E-state index contributed by atoms with van der Waals surface area (Å²) in [6.07, 6.45) is 0. The number of benzene rings is 2. The van der Waals surface area contributed by atoms with Crippen LogP contribution in [0.5, 0.6) is 0 Å². The number of hydrogen-bond acceptors (Lipinski definition) is 3. The molecule has 8 heteroatoms. The van der Waals surface area contributed by atoms with E-state index in [-0.39, 0.29) is 29.8 Å². The Kier molecular flexibility index (Phi) is 4.86. The minimum atomic E-state index is -3.95. The Morgan fingerprint density at radius 1 is 0.960 bits per heavy atom. The maximum Gasteiger partial charge on any atom is 0.243 e. The first-order valence-corrected chi connectivity index (χ1v) is 9.14. The van der Waals surface area contributed by atoms with Crippen LogP contribution in [0.25, 0.3) is 0 Å². The van der Waals surface area contributed by atoms with Gasteiger partial charge in [0.15, 0.2) is 11.6 Å². The zero-order valence-electron chi connectivity index (χ0n) is 13.5. The second-order valence-corrected chi connectivity index (χ2v) is 7.92. The monoisotopic (exact) mass is 370 g/mol. The summed E-state index contributed by atoms with van der Waals surface area (Å²) in [4.78, 5) is 1.69. The average molecular weight is 370 g/mol. The molecule has 1 heterocycles.